The molecule has 2 aromatic rings. The number of aryl methyl sites for hydroxylation is 2. The van der Waals surface area contributed by atoms with Crippen LogP contribution in [0.4, 0.5) is 0 Å². The van der Waals surface area contributed by atoms with Gasteiger partial charge in [-0.3, -0.25) is 14.6 Å². The maximum Gasteiger partial charge on any atom is 0.340 e. The first kappa shape index (κ1) is 19.8. The summed E-state index contributed by atoms with van der Waals surface area (Å²) in [6, 6.07) is 7.62. The summed E-state index contributed by atoms with van der Waals surface area (Å²) in [7, 11) is 0. The third-order valence-corrected chi connectivity index (χ3v) is 5.27. The number of nitrogens with two attached hydrogens (primary N) is 1. The third kappa shape index (κ3) is 3.98. The Morgan fingerprint density at radius 3 is 2.75 bits per heavy atom. The van der Waals surface area contributed by atoms with Crippen LogP contribution in [0.25, 0.3) is 10.9 Å². The van der Waals surface area contributed by atoms with Crippen molar-refractivity contribution in [2.24, 2.45) is 11.7 Å². The van der Waals surface area contributed by atoms with Crippen LogP contribution in [0.3, 0.4) is 0 Å². The molecule has 1 atom stereocenters. The number of likely N-dealkylation sites (tertiary alicyclic amines) is 1. The van der Waals surface area contributed by atoms with Gasteiger partial charge in [-0.1, -0.05) is 25.1 Å². The van der Waals surface area contributed by atoms with Gasteiger partial charge in [-0.2, -0.15) is 0 Å². The van der Waals surface area contributed by atoms with E-state index in [0.29, 0.717) is 37.1 Å². The topological polar surface area (TPSA) is 103 Å². The van der Waals surface area contributed by atoms with E-state index >= 15 is 0 Å². The minimum absolute atomic E-state index is 0.280. The lowest BCUT2D eigenvalue weighted by atomic mass is 9.97. The largest absolute Gasteiger partial charge is 0.452 e. The van der Waals surface area contributed by atoms with Gasteiger partial charge >= 0.3 is 5.97 Å². The van der Waals surface area contributed by atoms with Crippen LogP contribution >= 0.6 is 0 Å². The number of rotatable bonds is 5. The molecule has 2 N–H and O–H groups in total. The molecule has 7 heteroatoms. The average molecular weight is 383 g/mol. The number of fused-ring (bicyclic) bond motifs is 1. The first-order valence-electron chi connectivity index (χ1n) is 9.54. The normalized spacial score (nSPS) is 16.8. The first-order chi connectivity index (χ1) is 13.4. The molecule has 0 unspecified atom stereocenters. The second-order valence-electron chi connectivity index (χ2n) is 7.09. The summed E-state index contributed by atoms with van der Waals surface area (Å²) in [5.41, 5.74) is 8.05. The average Bonchev–Trinajstić information content (AvgIpc) is 2.71. The zero-order valence-corrected chi connectivity index (χ0v) is 16.2. The molecule has 1 aliphatic heterocycles. The Labute approximate surface area is 163 Å². The standard InChI is InChI=1S/C21H25N3O4/c1-3-16-19(13(2)15-8-4-5-9-17(15)23-16)21(27)28-12-18(25)24-10-6-7-14(11-24)20(22)26/h4-5,8-9,14H,3,6-7,10-12H2,1-2H3,(H2,22,26)/t14-/m0/s1. The Hall–Kier alpha value is -2.96. The zero-order chi connectivity index (χ0) is 20.3. The highest BCUT2D eigenvalue weighted by Gasteiger charge is 2.28. The Bertz CT molecular complexity index is 925. The molecule has 2 heterocycles. The van der Waals surface area contributed by atoms with Gasteiger partial charge in [0.1, 0.15) is 0 Å². The van der Waals surface area contributed by atoms with Gasteiger partial charge in [-0.05, 0) is 37.8 Å². The van der Waals surface area contributed by atoms with Crippen LogP contribution in [0.1, 0.15) is 41.4 Å². The van der Waals surface area contributed by atoms with Crippen molar-refractivity contribution in [2.45, 2.75) is 33.1 Å². The highest BCUT2D eigenvalue weighted by atomic mass is 16.5. The molecular formula is C21H25N3O4. The van der Waals surface area contributed by atoms with Gasteiger partial charge in [-0.25, -0.2) is 4.79 Å². The van der Waals surface area contributed by atoms with E-state index in [1.807, 2.05) is 38.1 Å². The number of hydrogen-bond donors (Lipinski definition) is 1. The smallest absolute Gasteiger partial charge is 0.340 e. The molecule has 0 bridgehead atoms. The summed E-state index contributed by atoms with van der Waals surface area (Å²) in [4.78, 5) is 42.7. The van der Waals surface area contributed by atoms with Crippen molar-refractivity contribution in [2.75, 3.05) is 19.7 Å². The fourth-order valence-corrected chi connectivity index (χ4v) is 3.69. The van der Waals surface area contributed by atoms with E-state index in [2.05, 4.69) is 4.98 Å². The minimum Gasteiger partial charge on any atom is -0.452 e. The lowest BCUT2D eigenvalue weighted by Crippen LogP contribution is -2.45. The van der Waals surface area contributed by atoms with Crippen LogP contribution in [-0.4, -0.2) is 47.4 Å². The summed E-state index contributed by atoms with van der Waals surface area (Å²) in [6.07, 6.45) is 1.97. The maximum atomic E-state index is 12.7. The van der Waals surface area contributed by atoms with Crippen LogP contribution < -0.4 is 5.73 Å². The monoisotopic (exact) mass is 383 g/mol. The van der Waals surface area contributed by atoms with Gasteiger partial charge < -0.3 is 15.4 Å². The van der Waals surface area contributed by atoms with Gasteiger partial charge in [0.25, 0.3) is 5.91 Å². The Kier molecular flexibility index (Phi) is 5.92. The number of pyridine rings is 1. The summed E-state index contributed by atoms with van der Waals surface area (Å²) < 4.78 is 5.32. The molecule has 28 heavy (non-hydrogen) atoms. The second-order valence-corrected chi connectivity index (χ2v) is 7.09. The number of esters is 1. The van der Waals surface area contributed by atoms with Crippen molar-refractivity contribution in [1.82, 2.24) is 9.88 Å². The highest BCUT2D eigenvalue weighted by molar-refractivity contribution is 5.99. The second kappa shape index (κ2) is 8.37. The van der Waals surface area contributed by atoms with E-state index in [9.17, 15) is 14.4 Å². The number of aromatic nitrogens is 1. The van der Waals surface area contributed by atoms with E-state index in [4.69, 9.17) is 10.5 Å². The molecule has 1 aromatic carbocycles. The molecule has 0 saturated carbocycles. The van der Waals surface area contributed by atoms with E-state index in [1.54, 1.807) is 4.90 Å². The summed E-state index contributed by atoms with van der Waals surface area (Å²) >= 11 is 0. The first-order valence-corrected chi connectivity index (χ1v) is 9.54. The van der Waals surface area contributed by atoms with Crippen molar-refractivity contribution in [1.29, 1.82) is 0 Å². The SMILES string of the molecule is CCc1nc2ccccc2c(C)c1C(=O)OCC(=O)N1CCC[C@H](C(N)=O)C1. The lowest BCUT2D eigenvalue weighted by Gasteiger charge is -2.31. The molecule has 1 saturated heterocycles. The molecule has 1 fully saturated rings. The molecule has 0 spiro atoms. The Morgan fingerprint density at radius 2 is 2.04 bits per heavy atom. The number of para-hydroxylation sites is 1. The predicted octanol–water partition coefficient (Wildman–Crippen LogP) is 1.99. The van der Waals surface area contributed by atoms with Crippen LogP contribution in [0.5, 0.6) is 0 Å². The van der Waals surface area contributed by atoms with Crippen LogP contribution in [0.2, 0.25) is 0 Å². The number of nitrogens with zero attached hydrogens (tertiary/aromatic N) is 2. The molecule has 7 nitrogen and oxygen atoms in total. The van der Waals surface area contributed by atoms with E-state index in [0.717, 1.165) is 16.5 Å². The van der Waals surface area contributed by atoms with E-state index in [-0.39, 0.29) is 25.0 Å². The summed E-state index contributed by atoms with van der Waals surface area (Å²) in [5.74, 6) is -1.61. The van der Waals surface area contributed by atoms with Crippen molar-refractivity contribution >= 4 is 28.7 Å². The molecular weight excluding hydrogens is 358 g/mol. The van der Waals surface area contributed by atoms with Gasteiger partial charge in [0, 0.05) is 18.5 Å². The number of hydrogen-bond acceptors (Lipinski definition) is 5. The van der Waals surface area contributed by atoms with Crippen molar-refractivity contribution in [3.8, 4) is 0 Å². The van der Waals surface area contributed by atoms with Gasteiger partial charge in [0.15, 0.2) is 6.61 Å². The fourth-order valence-electron chi connectivity index (χ4n) is 3.69. The molecule has 148 valence electrons. The Balaban J connectivity index is 1.74. The molecule has 1 aromatic heterocycles. The number of benzene rings is 1. The minimum atomic E-state index is -0.551. The van der Waals surface area contributed by atoms with E-state index < -0.39 is 11.9 Å². The van der Waals surface area contributed by atoms with Gasteiger partial charge in [-0.15, -0.1) is 0 Å². The highest BCUT2D eigenvalue weighted by Crippen LogP contribution is 2.24. The number of carbonyl (C=O) groups excluding carboxylic acids is 3. The predicted molar refractivity (Wildman–Crippen MR) is 105 cm³/mol. The Morgan fingerprint density at radius 1 is 1.29 bits per heavy atom. The van der Waals surface area contributed by atoms with Gasteiger partial charge in [0.05, 0.1) is 22.7 Å². The van der Waals surface area contributed by atoms with Crippen molar-refractivity contribution in [3.63, 3.8) is 0 Å². The third-order valence-electron chi connectivity index (χ3n) is 5.27. The summed E-state index contributed by atoms with van der Waals surface area (Å²) in [6.45, 7) is 4.25. The zero-order valence-electron chi connectivity index (χ0n) is 16.2. The molecule has 0 radical (unpaired) electrons. The quantitative estimate of drug-likeness (QED) is 0.796. The van der Waals surface area contributed by atoms with Crippen LogP contribution in [0.15, 0.2) is 24.3 Å². The maximum absolute atomic E-state index is 12.7. The van der Waals surface area contributed by atoms with Crippen molar-refractivity contribution in [3.05, 3.63) is 41.1 Å². The number of carbonyl (C=O) groups is 3. The lowest BCUT2D eigenvalue weighted by molar-refractivity contribution is -0.137. The van der Waals surface area contributed by atoms with Gasteiger partial charge in [0.2, 0.25) is 5.91 Å². The van der Waals surface area contributed by atoms with E-state index in [1.165, 1.54) is 0 Å². The number of primary amides is 1. The van der Waals surface area contributed by atoms with Crippen LogP contribution in [-0.2, 0) is 20.7 Å². The number of amides is 2. The number of piperidine rings is 1. The molecule has 2 amide bonds. The molecule has 0 aliphatic carbocycles. The molecule has 1 aliphatic rings. The van der Waals surface area contributed by atoms with Crippen molar-refractivity contribution < 1.29 is 19.1 Å². The fraction of sp³-hybridized carbons (Fsp3) is 0.429. The summed E-state index contributed by atoms with van der Waals surface area (Å²) in [5, 5.41) is 0.887. The molecule has 3 rings (SSSR count). The van der Waals surface area contributed by atoms with Crippen LogP contribution in [0, 0.1) is 12.8 Å². The number of ether oxygens (including phenoxy) is 1.